The predicted molar refractivity (Wildman–Crippen MR) is 55.4 cm³/mol. The largest absolute Gasteiger partial charge is 0.334 e. The standard InChI is InChI=1S/C11H9N3/c1-8(6-12)9-3-4-11-10(5-9)13-7-14(11)2/h3-5,7H,1H2,2H3. The van der Waals surface area contributed by atoms with E-state index in [0.29, 0.717) is 5.57 Å². The van der Waals surface area contributed by atoms with Crippen LogP contribution in [0, 0.1) is 11.3 Å². The van der Waals surface area contributed by atoms with Gasteiger partial charge in [0.15, 0.2) is 0 Å². The maximum atomic E-state index is 8.69. The van der Waals surface area contributed by atoms with E-state index < -0.39 is 0 Å². The number of aromatic nitrogens is 2. The molecule has 0 saturated carbocycles. The van der Waals surface area contributed by atoms with Crippen LogP contribution < -0.4 is 0 Å². The van der Waals surface area contributed by atoms with Crippen LogP contribution in [0.5, 0.6) is 0 Å². The number of allylic oxidation sites excluding steroid dienone is 1. The zero-order valence-corrected chi connectivity index (χ0v) is 7.86. The molecular weight excluding hydrogens is 174 g/mol. The van der Waals surface area contributed by atoms with Gasteiger partial charge in [0.2, 0.25) is 0 Å². The molecule has 3 nitrogen and oxygen atoms in total. The molecule has 2 rings (SSSR count). The van der Waals surface area contributed by atoms with E-state index in [-0.39, 0.29) is 0 Å². The van der Waals surface area contributed by atoms with Crippen molar-refractivity contribution < 1.29 is 0 Å². The van der Waals surface area contributed by atoms with Crippen LogP contribution in [-0.2, 0) is 7.05 Å². The van der Waals surface area contributed by atoms with Crippen LogP contribution >= 0.6 is 0 Å². The van der Waals surface area contributed by atoms with Crippen LogP contribution in [0.3, 0.4) is 0 Å². The van der Waals surface area contributed by atoms with Crippen molar-refractivity contribution in [1.29, 1.82) is 5.26 Å². The van der Waals surface area contributed by atoms with Gasteiger partial charge in [0.25, 0.3) is 0 Å². The minimum Gasteiger partial charge on any atom is -0.334 e. The first-order chi connectivity index (χ1) is 6.72. The summed E-state index contributed by atoms with van der Waals surface area (Å²) in [4.78, 5) is 4.21. The number of hydrogen-bond donors (Lipinski definition) is 0. The highest BCUT2D eigenvalue weighted by Gasteiger charge is 2.02. The molecule has 0 spiro atoms. The molecule has 0 saturated heterocycles. The number of benzene rings is 1. The lowest BCUT2D eigenvalue weighted by Gasteiger charge is -1.97. The third-order valence-electron chi connectivity index (χ3n) is 2.21. The first kappa shape index (κ1) is 8.52. The van der Waals surface area contributed by atoms with Gasteiger partial charge in [0.1, 0.15) is 0 Å². The molecule has 68 valence electrons. The Morgan fingerprint density at radius 3 is 3.07 bits per heavy atom. The van der Waals surface area contributed by atoms with Gasteiger partial charge in [-0.15, -0.1) is 0 Å². The summed E-state index contributed by atoms with van der Waals surface area (Å²) in [5, 5.41) is 8.69. The summed E-state index contributed by atoms with van der Waals surface area (Å²) in [6, 6.07) is 7.73. The zero-order valence-electron chi connectivity index (χ0n) is 7.86. The Bertz CT molecular complexity index is 543. The van der Waals surface area contributed by atoms with Crippen molar-refractivity contribution >= 4 is 16.6 Å². The molecule has 0 bridgehead atoms. The minimum absolute atomic E-state index is 0.470. The molecule has 2 aromatic rings. The Balaban J connectivity index is 2.64. The smallest absolute Gasteiger partial charge is 0.0991 e. The van der Waals surface area contributed by atoms with Crippen molar-refractivity contribution in [2.75, 3.05) is 0 Å². The SMILES string of the molecule is C=C(C#N)c1ccc2c(c1)ncn2C. The van der Waals surface area contributed by atoms with Gasteiger partial charge < -0.3 is 4.57 Å². The van der Waals surface area contributed by atoms with E-state index in [2.05, 4.69) is 11.6 Å². The minimum atomic E-state index is 0.470. The Kier molecular flexibility index (Phi) is 1.83. The first-order valence-corrected chi connectivity index (χ1v) is 4.23. The zero-order chi connectivity index (χ0) is 10.1. The van der Waals surface area contributed by atoms with E-state index in [4.69, 9.17) is 5.26 Å². The molecule has 1 heterocycles. The van der Waals surface area contributed by atoms with Gasteiger partial charge in [-0.05, 0) is 17.7 Å². The summed E-state index contributed by atoms with van der Waals surface area (Å²) in [5.41, 5.74) is 3.25. The molecule has 0 aliphatic rings. The number of nitriles is 1. The molecule has 0 aliphatic carbocycles. The maximum absolute atomic E-state index is 8.69. The number of imidazole rings is 1. The van der Waals surface area contributed by atoms with Gasteiger partial charge in [0, 0.05) is 7.05 Å². The molecule has 1 aromatic carbocycles. The fraction of sp³-hybridized carbons (Fsp3) is 0.0909. The van der Waals surface area contributed by atoms with Crippen molar-refractivity contribution in [3.05, 3.63) is 36.7 Å². The molecule has 3 heteroatoms. The second kappa shape index (κ2) is 3.00. The second-order valence-electron chi connectivity index (χ2n) is 3.15. The molecule has 0 aliphatic heterocycles. The lowest BCUT2D eigenvalue weighted by Crippen LogP contribution is -1.84. The molecule has 14 heavy (non-hydrogen) atoms. The van der Waals surface area contributed by atoms with Crippen LogP contribution in [0.15, 0.2) is 31.1 Å². The van der Waals surface area contributed by atoms with Gasteiger partial charge in [-0.25, -0.2) is 4.98 Å². The van der Waals surface area contributed by atoms with Gasteiger partial charge >= 0.3 is 0 Å². The summed E-state index contributed by atoms with van der Waals surface area (Å²) >= 11 is 0. The van der Waals surface area contributed by atoms with E-state index in [1.54, 1.807) is 6.33 Å². The molecule has 0 radical (unpaired) electrons. The van der Waals surface area contributed by atoms with Crippen LogP contribution in [0.2, 0.25) is 0 Å². The van der Waals surface area contributed by atoms with Gasteiger partial charge in [-0.2, -0.15) is 5.26 Å². The highest BCUT2D eigenvalue weighted by molar-refractivity contribution is 5.83. The fourth-order valence-corrected chi connectivity index (χ4v) is 1.39. The van der Waals surface area contributed by atoms with Crippen molar-refractivity contribution in [3.8, 4) is 6.07 Å². The average molecular weight is 183 g/mol. The van der Waals surface area contributed by atoms with E-state index in [9.17, 15) is 0 Å². The molecular formula is C11H9N3. The lowest BCUT2D eigenvalue weighted by molar-refractivity contribution is 0.947. The predicted octanol–water partition coefficient (Wildman–Crippen LogP) is 2.11. The summed E-state index contributed by atoms with van der Waals surface area (Å²) < 4.78 is 1.94. The van der Waals surface area contributed by atoms with E-state index >= 15 is 0 Å². The van der Waals surface area contributed by atoms with Crippen LogP contribution in [0.25, 0.3) is 16.6 Å². The third kappa shape index (κ3) is 1.17. The Morgan fingerprint density at radius 1 is 1.57 bits per heavy atom. The number of nitrogens with zero attached hydrogens (tertiary/aromatic N) is 3. The number of aryl methyl sites for hydroxylation is 1. The van der Waals surface area contributed by atoms with Crippen LogP contribution in [-0.4, -0.2) is 9.55 Å². The van der Waals surface area contributed by atoms with Gasteiger partial charge in [0.05, 0.1) is 29.0 Å². The van der Waals surface area contributed by atoms with E-state index in [0.717, 1.165) is 16.6 Å². The fourth-order valence-electron chi connectivity index (χ4n) is 1.39. The summed E-state index contributed by atoms with van der Waals surface area (Å²) in [7, 11) is 1.94. The molecule has 0 fully saturated rings. The van der Waals surface area contributed by atoms with Crippen molar-refractivity contribution in [1.82, 2.24) is 9.55 Å². The Hall–Kier alpha value is -2.08. The van der Waals surface area contributed by atoms with Crippen LogP contribution in [0.4, 0.5) is 0 Å². The highest BCUT2D eigenvalue weighted by Crippen LogP contribution is 2.18. The number of fused-ring (bicyclic) bond motifs is 1. The molecule has 0 unspecified atom stereocenters. The van der Waals surface area contributed by atoms with Gasteiger partial charge in [-0.1, -0.05) is 12.6 Å². The van der Waals surface area contributed by atoms with Gasteiger partial charge in [-0.3, -0.25) is 0 Å². The molecule has 0 N–H and O–H groups in total. The summed E-state index contributed by atoms with van der Waals surface area (Å²) in [6.07, 6.45) is 1.75. The summed E-state index contributed by atoms with van der Waals surface area (Å²) in [5.74, 6) is 0. The number of hydrogen-bond acceptors (Lipinski definition) is 2. The Morgan fingerprint density at radius 2 is 2.36 bits per heavy atom. The lowest BCUT2D eigenvalue weighted by atomic mass is 10.1. The second-order valence-corrected chi connectivity index (χ2v) is 3.15. The maximum Gasteiger partial charge on any atom is 0.0991 e. The third-order valence-corrected chi connectivity index (χ3v) is 2.21. The highest BCUT2D eigenvalue weighted by atomic mass is 15.0. The topological polar surface area (TPSA) is 41.6 Å². The Labute approximate surface area is 81.9 Å². The molecule has 0 atom stereocenters. The van der Waals surface area contributed by atoms with Crippen LogP contribution in [0.1, 0.15) is 5.56 Å². The van der Waals surface area contributed by atoms with Crippen molar-refractivity contribution in [2.24, 2.45) is 7.05 Å². The normalized spacial score (nSPS) is 10.0. The monoisotopic (exact) mass is 183 g/mol. The average Bonchev–Trinajstić information content (AvgIpc) is 2.59. The first-order valence-electron chi connectivity index (χ1n) is 4.23. The van der Waals surface area contributed by atoms with E-state index in [1.165, 1.54) is 0 Å². The van der Waals surface area contributed by atoms with Crippen molar-refractivity contribution in [2.45, 2.75) is 0 Å². The molecule has 0 amide bonds. The van der Waals surface area contributed by atoms with E-state index in [1.807, 2.05) is 35.9 Å². The molecule has 1 aromatic heterocycles. The quantitative estimate of drug-likeness (QED) is 0.635. The number of rotatable bonds is 1. The van der Waals surface area contributed by atoms with Crippen molar-refractivity contribution in [3.63, 3.8) is 0 Å². The summed E-state index contributed by atoms with van der Waals surface area (Å²) in [6.45, 7) is 3.66.